The fourth-order valence-corrected chi connectivity index (χ4v) is 4.27. The van der Waals surface area contributed by atoms with Crippen LogP contribution in [0.2, 0.25) is 0 Å². The monoisotopic (exact) mass is 375 g/mol. The molecule has 132 valence electrons. The molecule has 2 aromatic rings. The predicted molar refractivity (Wildman–Crippen MR) is 102 cm³/mol. The van der Waals surface area contributed by atoms with Gasteiger partial charge in [0.15, 0.2) is 0 Å². The summed E-state index contributed by atoms with van der Waals surface area (Å²) < 4.78 is 0. The summed E-state index contributed by atoms with van der Waals surface area (Å²) in [6.45, 7) is 1.42. The van der Waals surface area contributed by atoms with Crippen LogP contribution < -0.4 is 5.32 Å². The summed E-state index contributed by atoms with van der Waals surface area (Å²) in [6, 6.07) is 5.91. The summed E-state index contributed by atoms with van der Waals surface area (Å²) in [5.41, 5.74) is 1.85. The molecule has 0 radical (unpaired) electrons. The lowest BCUT2D eigenvalue weighted by atomic mass is 10.0. The molecular weight excluding hydrogens is 354 g/mol. The van der Waals surface area contributed by atoms with Crippen LogP contribution in [0, 0.1) is 0 Å². The average Bonchev–Trinajstić information content (AvgIpc) is 3.18. The van der Waals surface area contributed by atoms with Gasteiger partial charge in [-0.1, -0.05) is 6.07 Å². The van der Waals surface area contributed by atoms with Crippen molar-refractivity contribution in [3.8, 4) is 0 Å². The van der Waals surface area contributed by atoms with Crippen molar-refractivity contribution < 1.29 is 9.59 Å². The summed E-state index contributed by atoms with van der Waals surface area (Å²) in [5.74, 6) is 1.45. The molecule has 1 N–H and O–H groups in total. The number of aromatic nitrogens is 1. The molecule has 0 aromatic carbocycles. The van der Waals surface area contributed by atoms with Crippen molar-refractivity contribution in [2.24, 2.45) is 0 Å². The van der Waals surface area contributed by atoms with E-state index in [9.17, 15) is 9.59 Å². The lowest BCUT2D eigenvalue weighted by Gasteiger charge is -2.32. The van der Waals surface area contributed by atoms with E-state index in [1.807, 2.05) is 40.1 Å². The maximum Gasteiger partial charge on any atom is 0.252 e. The lowest BCUT2D eigenvalue weighted by Crippen LogP contribution is -2.47. The lowest BCUT2D eigenvalue weighted by molar-refractivity contribution is -0.129. The summed E-state index contributed by atoms with van der Waals surface area (Å²) in [4.78, 5) is 30.4. The van der Waals surface area contributed by atoms with Crippen LogP contribution in [0.5, 0.6) is 0 Å². The fourth-order valence-electron chi connectivity index (χ4n) is 2.77. The largest absolute Gasteiger partial charge is 0.349 e. The first-order chi connectivity index (χ1) is 12.2. The van der Waals surface area contributed by atoms with Crippen LogP contribution in [-0.4, -0.2) is 46.6 Å². The van der Waals surface area contributed by atoms with Crippen LogP contribution in [0.3, 0.4) is 0 Å². The first kappa shape index (κ1) is 17.9. The van der Waals surface area contributed by atoms with E-state index in [1.165, 1.54) is 11.3 Å². The van der Waals surface area contributed by atoms with Crippen molar-refractivity contribution in [2.75, 3.05) is 18.8 Å². The van der Waals surface area contributed by atoms with E-state index >= 15 is 0 Å². The number of likely N-dealkylation sites (tertiary alicyclic amines) is 1. The Morgan fingerprint density at radius 1 is 1.32 bits per heavy atom. The molecule has 0 atom stereocenters. The molecule has 1 aliphatic rings. The van der Waals surface area contributed by atoms with Crippen LogP contribution >= 0.6 is 23.1 Å². The molecule has 1 fully saturated rings. The Morgan fingerprint density at radius 2 is 2.16 bits per heavy atom. The van der Waals surface area contributed by atoms with Gasteiger partial charge in [0.1, 0.15) is 0 Å². The fraction of sp³-hybridized carbons (Fsp3) is 0.389. The van der Waals surface area contributed by atoms with Crippen LogP contribution in [0.15, 0.2) is 41.4 Å². The topological polar surface area (TPSA) is 62.3 Å². The molecule has 0 unspecified atom stereocenters. The smallest absolute Gasteiger partial charge is 0.252 e. The number of hydrogen-bond acceptors (Lipinski definition) is 5. The second kappa shape index (κ2) is 9.01. The van der Waals surface area contributed by atoms with Gasteiger partial charge < -0.3 is 10.2 Å². The van der Waals surface area contributed by atoms with Gasteiger partial charge in [0.2, 0.25) is 5.91 Å². The molecule has 3 rings (SSSR count). The zero-order valence-electron chi connectivity index (χ0n) is 13.9. The van der Waals surface area contributed by atoms with Gasteiger partial charge in [-0.05, 0) is 35.9 Å². The minimum Gasteiger partial charge on any atom is -0.349 e. The van der Waals surface area contributed by atoms with Crippen LogP contribution in [0.4, 0.5) is 0 Å². The zero-order chi connectivity index (χ0) is 17.5. The van der Waals surface area contributed by atoms with Gasteiger partial charge >= 0.3 is 0 Å². The van der Waals surface area contributed by atoms with Gasteiger partial charge in [0.25, 0.3) is 5.91 Å². The standard InChI is InChI=1S/C18H21N3O2S2/c22-17(13-25-11-14-2-1-6-19-10-14)21-7-3-16(4-8-21)20-18(23)15-5-9-24-12-15/h1-2,5-6,9-10,12,16H,3-4,7-8,11,13H2,(H,20,23). The van der Waals surface area contributed by atoms with Crippen LogP contribution in [-0.2, 0) is 10.5 Å². The number of pyridine rings is 1. The zero-order valence-corrected chi connectivity index (χ0v) is 15.5. The molecule has 7 heteroatoms. The van der Waals surface area contributed by atoms with Gasteiger partial charge in [-0.2, -0.15) is 11.3 Å². The molecule has 5 nitrogen and oxygen atoms in total. The van der Waals surface area contributed by atoms with Crippen LogP contribution in [0.25, 0.3) is 0 Å². The van der Waals surface area contributed by atoms with Crippen molar-refractivity contribution in [3.63, 3.8) is 0 Å². The van der Waals surface area contributed by atoms with Crippen molar-refractivity contribution in [1.82, 2.24) is 15.2 Å². The van der Waals surface area contributed by atoms with E-state index in [4.69, 9.17) is 0 Å². The highest BCUT2D eigenvalue weighted by Gasteiger charge is 2.24. The number of amides is 2. The van der Waals surface area contributed by atoms with Crippen molar-refractivity contribution in [3.05, 3.63) is 52.5 Å². The molecule has 3 heterocycles. The number of nitrogens with one attached hydrogen (secondary N) is 1. The number of thiophene rings is 1. The molecule has 1 saturated heterocycles. The Kier molecular flexibility index (Phi) is 6.47. The number of hydrogen-bond donors (Lipinski definition) is 1. The molecule has 0 spiro atoms. The van der Waals surface area contributed by atoms with E-state index in [-0.39, 0.29) is 17.9 Å². The second-order valence-corrected chi connectivity index (χ2v) is 7.76. The highest BCUT2D eigenvalue weighted by atomic mass is 32.2. The second-order valence-electron chi connectivity index (χ2n) is 5.99. The van der Waals surface area contributed by atoms with Crippen LogP contribution in [0.1, 0.15) is 28.8 Å². The van der Waals surface area contributed by atoms with Gasteiger partial charge in [-0.3, -0.25) is 14.6 Å². The third-order valence-electron chi connectivity index (χ3n) is 4.18. The van der Waals surface area contributed by atoms with E-state index in [2.05, 4.69) is 10.3 Å². The SMILES string of the molecule is O=C(NC1CCN(C(=O)CSCc2cccnc2)CC1)c1ccsc1. The number of thioether (sulfide) groups is 1. The van der Waals surface area contributed by atoms with E-state index in [1.54, 1.807) is 18.0 Å². The number of carbonyl (C=O) groups excluding carboxylic acids is 2. The third-order valence-corrected chi connectivity index (χ3v) is 5.86. The molecule has 25 heavy (non-hydrogen) atoms. The highest BCUT2D eigenvalue weighted by Crippen LogP contribution is 2.16. The summed E-state index contributed by atoms with van der Waals surface area (Å²) in [6.07, 6.45) is 5.21. The molecule has 2 amide bonds. The molecule has 0 aliphatic carbocycles. The third kappa shape index (κ3) is 5.31. The first-order valence-corrected chi connectivity index (χ1v) is 10.4. The summed E-state index contributed by atoms with van der Waals surface area (Å²) in [5, 5.41) is 6.82. The van der Waals surface area contributed by atoms with Crippen molar-refractivity contribution in [1.29, 1.82) is 0 Å². The molecule has 0 saturated carbocycles. The average molecular weight is 376 g/mol. The minimum absolute atomic E-state index is 0.0157. The minimum atomic E-state index is -0.0157. The summed E-state index contributed by atoms with van der Waals surface area (Å²) >= 11 is 3.14. The Hall–Kier alpha value is -1.86. The molecular formula is C18H21N3O2S2. The Labute approximate surface area is 155 Å². The van der Waals surface area contributed by atoms with E-state index in [0.29, 0.717) is 18.8 Å². The molecule has 1 aliphatic heterocycles. The van der Waals surface area contributed by atoms with Gasteiger partial charge in [0.05, 0.1) is 5.75 Å². The van der Waals surface area contributed by atoms with Crippen molar-refractivity contribution >= 4 is 34.9 Å². The number of nitrogens with zero attached hydrogens (tertiary/aromatic N) is 2. The van der Waals surface area contributed by atoms with E-state index < -0.39 is 0 Å². The van der Waals surface area contributed by atoms with Crippen molar-refractivity contribution in [2.45, 2.75) is 24.6 Å². The highest BCUT2D eigenvalue weighted by molar-refractivity contribution is 7.99. The van der Waals surface area contributed by atoms with Gasteiger partial charge in [-0.15, -0.1) is 11.8 Å². The Morgan fingerprint density at radius 3 is 2.84 bits per heavy atom. The van der Waals surface area contributed by atoms with Gasteiger partial charge in [0, 0.05) is 48.2 Å². The number of rotatable bonds is 6. The Bertz CT molecular complexity index is 684. The maximum absolute atomic E-state index is 12.3. The number of piperidine rings is 1. The normalized spacial score (nSPS) is 15.1. The molecule has 0 bridgehead atoms. The predicted octanol–water partition coefficient (Wildman–Crippen LogP) is 2.80. The Balaban J connectivity index is 1.36. The molecule has 2 aromatic heterocycles. The maximum atomic E-state index is 12.3. The summed E-state index contributed by atoms with van der Waals surface area (Å²) in [7, 11) is 0. The van der Waals surface area contributed by atoms with E-state index in [0.717, 1.165) is 29.7 Å². The number of carbonyl (C=O) groups is 2. The first-order valence-electron chi connectivity index (χ1n) is 8.30. The van der Waals surface area contributed by atoms with Gasteiger partial charge in [-0.25, -0.2) is 0 Å². The quantitative estimate of drug-likeness (QED) is 0.843.